The number of nitrogens with zero attached hydrogens (tertiary/aromatic N) is 1. The van der Waals surface area contributed by atoms with E-state index >= 15 is 0 Å². The Bertz CT molecular complexity index is 286. The highest BCUT2D eigenvalue weighted by Crippen LogP contribution is 2.06. The molecule has 1 aromatic heterocycles. The molecule has 1 heterocycles. The average Bonchev–Trinajstić information content (AvgIpc) is 2.03. The fraction of sp³-hybridized carbons (Fsp3) is 0.125. The van der Waals surface area contributed by atoms with E-state index in [9.17, 15) is 0 Å². The van der Waals surface area contributed by atoms with E-state index in [1.807, 2.05) is 13.0 Å². The molecule has 0 aliphatic carbocycles. The molecule has 4 heteroatoms. The van der Waals surface area contributed by atoms with Crippen LogP contribution in [0.1, 0.15) is 11.1 Å². The van der Waals surface area contributed by atoms with Crippen LogP contribution >= 0.6 is 0 Å². The molecule has 1 aromatic rings. The molecule has 2 N–H and O–H groups in total. The molecule has 0 aromatic carbocycles. The number of rotatable bonds is 2. The van der Waals surface area contributed by atoms with Crippen molar-refractivity contribution in [2.45, 2.75) is 6.92 Å². The molecule has 12 heavy (non-hydrogen) atoms. The SMILES string of the molecule is Cc1ccncc1/C=C/B(O)O. The van der Waals surface area contributed by atoms with Gasteiger partial charge in [-0.15, -0.1) is 0 Å². The van der Waals surface area contributed by atoms with E-state index < -0.39 is 7.12 Å². The minimum Gasteiger partial charge on any atom is -0.424 e. The summed E-state index contributed by atoms with van der Waals surface area (Å²) in [7, 11) is -1.40. The molecule has 0 amide bonds. The van der Waals surface area contributed by atoms with E-state index in [-0.39, 0.29) is 0 Å². The van der Waals surface area contributed by atoms with E-state index in [4.69, 9.17) is 10.0 Å². The van der Waals surface area contributed by atoms with Crippen LogP contribution in [0.4, 0.5) is 0 Å². The molecule has 0 fully saturated rings. The summed E-state index contributed by atoms with van der Waals surface area (Å²) in [5.74, 6) is 1.30. The zero-order chi connectivity index (χ0) is 8.97. The van der Waals surface area contributed by atoms with Crippen LogP contribution in [0, 0.1) is 6.92 Å². The Balaban J connectivity index is 2.82. The summed E-state index contributed by atoms with van der Waals surface area (Å²) in [6, 6.07) is 1.86. The van der Waals surface area contributed by atoms with Gasteiger partial charge in [0.2, 0.25) is 0 Å². The minimum absolute atomic E-state index is 0.894. The van der Waals surface area contributed by atoms with Gasteiger partial charge in [-0.2, -0.15) is 0 Å². The van der Waals surface area contributed by atoms with Gasteiger partial charge in [0.15, 0.2) is 0 Å². The number of aryl methyl sites for hydroxylation is 1. The van der Waals surface area contributed by atoms with Gasteiger partial charge in [0.25, 0.3) is 0 Å². The zero-order valence-electron chi connectivity index (χ0n) is 6.81. The van der Waals surface area contributed by atoms with Crippen LogP contribution in [0.25, 0.3) is 6.08 Å². The van der Waals surface area contributed by atoms with Crippen molar-refractivity contribution >= 4 is 13.2 Å². The molecule has 3 nitrogen and oxygen atoms in total. The van der Waals surface area contributed by atoms with Crippen LogP contribution < -0.4 is 0 Å². The summed E-state index contributed by atoms with van der Waals surface area (Å²) in [4.78, 5) is 3.91. The Morgan fingerprint density at radius 3 is 2.83 bits per heavy atom. The van der Waals surface area contributed by atoms with Gasteiger partial charge in [-0.3, -0.25) is 4.98 Å². The predicted octanol–water partition coefficient (Wildman–Crippen LogP) is 0.415. The third-order valence-electron chi connectivity index (χ3n) is 1.53. The second kappa shape index (κ2) is 4.04. The molecule has 0 saturated heterocycles. The highest BCUT2D eigenvalue weighted by atomic mass is 16.4. The molecule has 0 saturated carbocycles. The van der Waals surface area contributed by atoms with Crippen molar-refractivity contribution in [2.75, 3.05) is 0 Å². The monoisotopic (exact) mass is 163 g/mol. The van der Waals surface area contributed by atoms with Crippen molar-refractivity contribution in [3.63, 3.8) is 0 Å². The van der Waals surface area contributed by atoms with Crippen LogP contribution in [-0.2, 0) is 0 Å². The van der Waals surface area contributed by atoms with Crippen LogP contribution in [0.3, 0.4) is 0 Å². The zero-order valence-corrected chi connectivity index (χ0v) is 6.81. The molecule has 0 unspecified atom stereocenters. The first-order valence-electron chi connectivity index (χ1n) is 3.65. The molecule has 62 valence electrons. The van der Waals surface area contributed by atoms with Gasteiger partial charge in [0.1, 0.15) is 0 Å². The van der Waals surface area contributed by atoms with E-state index in [0.717, 1.165) is 11.1 Å². The lowest BCUT2D eigenvalue weighted by Gasteiger charge is -1.96. The Labute approximate surface area is 71.5 Å². The van der Waals surface area contributed by atoms with E-state index in [2.05, 4.69) is 4.98 Å². The lowest BCUT2D eigenvalue weighted by atomic mass is 9.90. The van der Waals surface area contributed by atoms with Crippen LogP contribution in [-0.4, -0.2) is 22.2 Å². The molecule has 0 atom stereocenters. The Morgan fingerprint density at radius 1 is 1.50 bits per heavy atom. The maximum Gasteiger partial charge on any atom is 0.480 e. The molecule has 0 radical (unpaired) electrons. The molecular formula is C8H10BNO2. The van der Waals surface area contributed by atoms with E-state index in [0.29, 0.717) is 0 Å². The van der Waals surface area contributed by atoms with Crippen LogP contribution in [0.2, 0.25) is 0 Å². The predicted molar refractivity (Wildman–Crippen MR) is 48.2 cm³/mol. The van der Waals surface area contributed by atoms with Gasteiger partial charge in [-0.1, -0.05) is 12.1 Å². The van der Waals surface area contributed by atoms with E-state index in [1.165, 1.54) is 5.98 Å². The number of aromatic nitrogens is 1. The second-order valence-electron chi connectivity index (χ2n) is 2.50. The fourth-order valence-electron chi connectivity index (χ4n) is 0.840. The summed E-state index contributed by atoms with van der Waals surface area (Å²) >= 11 is 0. The summed E-state index contributed by atoms with van der Waals surface area (Å²) in [5, 5.41) is 17.1. The van der Waals surface area contributed by atoms with Gasteiger partial charge in [-0.25, -0.2) is 0 Å². The number of pyridine rings is 1. The van der Waals surface area contributed by atoms with E-state index in [1.54, 1.807) is 18.5 Å². The largest absolute Gasteiger partial charge is 0.480 e. The van der Waals surface area contributed by atoms with Crippen LogP contribution in [0.5, 0.6) is 0 Å². The van der Waals surface area contributed by atoms with Gasteiger partial charge in [-0.05, 0) is 24.1 Å². The van der Waals surface area contributed by atoms with Crippen molar-refractivity contribution in [3.8, 4) is 0 Å². The van der Waals surface area contributed by atoms with Crippen LogP contribution in [0.15, 0.2) is 24.4 Å². The first kappa shape index (κ1) is 8.97. The number of hydrogen-bond acceptors (Lipinski definition) is 3. The Kier molecular flexibility index (Phi) is 3.02. The van der Waals surface area contributed by atoms with Gasteiger partial charge in [0.05, 0.1) is 0 Å². The molecule has 0 aliphatic heterocycles. The highest BCUT2D eigenvalue weighted by molar-refractivity contribution is 6.48. The topological polar surface area (TPSA) is 53.4 Å². The first-order valence-corrected chi connectivity index (χ1v) is 3.65. The molecule has 1 rings (SSSR count). The Morgan fingerprint density at radius 2 is 2.25 bits per heavy atom. The van der Waals surface area contributed by atoms with Gasteiger partial charge >= 0.3 is 7.12 Å². The van der Waals surface area contributed by atoms with Crippen molar-refractivity contribution in [1.82, 2.24) is 4.98 Å². The normalized spacial score (nSPS) is 10.6. The first-order chi connectivity index (χ1) is 5.70. The summed E-state index contributed by atoms with van der Waals surface area (Å²) in [5.41, 5.74) is 1.95. The lowest BCUT2D eigenvalue weighted by molar-refractivity contribution is 0.424. The minimum atomic E-state index is -1.40. The highest BCUT2D eigenvalue weighted by Gasteiger charge is 1.99. The van der Waals surface area contributed by atoms with Crippen molar-refractivity contribution in [2.24, 2.45) is 0 Å². The van der Waals surface area contributed by atoms with Gasteiger partial charge in [0, 0.05) is 12.4 Å². The summed E-state index contributed by atoms with van der Waals surface area (Å²) in [6.45, 7) is 1.94. The third-order valence-corrected chi connectivity index (χ3v) is 1.53. The van der Waals surface area contributed by atoms with Crippen molar-refractivity contribution in [3.05, 3.63) is 35.6 Å². The standard InChI is InChI=1S/C8H10BNO2/c1-7-3-5-10-6-8(7)2-4-9(11)12/h2-6,11-12H,1H3/b4-2+. The fourth-order valence-corrected chi connectivity index (χ4v) is 0.840. The lowest BCUT2D eigenvalue weighted by Crippen LogP contribution is -2.05. The second-order valence-corrected chi connectivity index (χ2v) is 2.50. The maximum atomic E-state index is 8.55. The van der Waals surface area contributed by atoms with Gasteiger partial charge < -0.3 is 10.0 Å². The number of hydrogen-bond donors (Lipinski definition) is 2. The molecular weight excluding hydrogens is 153 g/mol. The molecule has 0 bridgehead atoms. The third kappa shape index (κ3) is 2.49. The summed E-state index contributed by atoms with van der Waals surface area (Å²) < 4.78 is 0. The molecule has 0 aliphatic rings. The smallest absolute Gasteiger partial charge is 0.424 e. The maximum absolute atomic E-state index is 8.55. The molecule has 0 spiro atoms. The Hall–Kier alpha value is -1.13. The average molecular weight is 163 g/mol. The quantitative estimate of drug-likeness (QED) is 0.621. The summed E-state index contributed by atoms with van der Waals surface area (Å²) in [6.07, 6.45) is 5.00. The van der Waals surface area contributed by atoms with Crippen molar-refractivity contribution < 1.29 is 10.0 Å². The van der Waals surface area contributed by atoms with Crippen molar-refractivity contribution in [1.29, 1.82) is 0 Å².